The molecule has 1 heterocycles. The summed E-state index contributed by atoms with van der Waals surface area (Å²) in [6, 6.07) is 1.54. The molecule has 1 spiro atoms. The molecule has 3 rings (SSSR count). The van der Waals surface area contributed by atoms with Crippen LogP contribution in [0.5, 0.6) is 17.2 Å². The van der Waals surface area contributed by atoms with Gasteiger partial charge in [0, 0.05) is 24.5 Å². The first-order chi connectivity index (χ1) is 11.4. The van der Waals surface area contributed by atoms with E-state index in [0.717, 1.165) is 0 Å². The van der Waals surface area contributed by atoms with Crippen molar-refractivity contribution in [3.63, 3.8) is 0 Å². The quantitative estimate of drug-likeness (QED) is 0.833. The second kappa shape index (κ2) is 5.70. The molecular formula is C17H17ClO6. The number of allylic oxidation sites excluding steroid dienone is 1. The van der Waals surface area contributed by atoms with E-state index in [-0.39, 0.29) is 40.1 Å². The number of ketones is 2. The van der Waals surface area contributed by atoms with Crippen molar-refractivity contribution in [2.45, 2.75) is 18.9 Å². The molecule has 6 nitrogen and oxygen atoms in total. The number of hydrogen-bond acceptors (Lipinski definition) is 6. The second-order valence-electron chi connectivity index (χ2n) is 5.75. The molecule has 2 atom stereocenters. The molecule has 0 saturated heterocycles. The number of hydrogen-bond donors (Lipinski definition) is 0. The van der Waals surface area contributed by atoms with E-state index in [1.165, 1.54) is 33.5 Å². The highest BCUT2D eigenvalue weighted by Gasteiger charge is 2.59. The number of rotatable bonds is 3. The van der Waals surface area contributed by atoms with E-state index in [1.54, 1.807) is 6.92 Å². The number of ether oxygens (including phenoxy) is 4. The van der Waals surface area contributed by atoms with Gasteiger partial charge in [-0.2, -0.15) is 0 Å². The highest BCUT2D eigenvalue weighted by molar-refractivity contribution is 6.35. The Kier molecular flexibility index (Phi) is 3.95. The molecule has 0 amide bonds. The summed E-state index contributed by atoms with van der Waals surface area (Å²) >= 11 is 6.33. The van der Waals surface area contributed by atoms with Crippen molar-refractivity contribution in [2.75, 3.05) is 21.3 Å². The van der Waals surface area contributed by atoms with Crippen molar-refractivity contribution in [3.05, 3.63) is 28.5 Å². The van der Waals surface area contributed by atoms with Gasteiger partial charge in [0.2, 0.25) is 11.4 Å². The Balaban J connectivity index is 2.26. The zero-order valence-electron chi connectivity index (χ0n) is 13.8. The Morgan fingerprint density at radius 3 is 2.42 bits per heavy atom. The minimum atomic E-state index is -1.42. The summed E-state index contributed by atoms with van der Waals surface area (Å²) in [5.74, 6) is 0.107. The number of benzene rings is 1. The predicted octanol–water partition coefficient (Wildman–Crippen LogP) is 2.81. The molecule has 1 unspecified atom stereocenters. The molecule has 24 heavy (non-hydrogen) atoms. The van der Waals surface area contributed by atoms with Gasteiger partial charge in [-0.25, -0.2) is 0 Å². The molecule has 128 valence electrons. The van der Waals surface area contributed by atoms with Crippen LogP contribution in [0.3, 0.4) is 0 Å². The molecule has 0 radical (unpaired) electrons. The van der Waals surface area contributed by atoms with Crippen LogP contribution in [-0.2, 0) is 9.53 Å². The number of methoxy groups -OCH3 is 3. The average Bonchev–Trinajstić information content (AvgIpc) is 2.87. The lowest BCUT2D eigenvalue weighted by atomic mass is 9.75. The lowest BCUT2D eigenvalue weighted by Gasteiger charge is -2.36. The Morgan fingerprint density at radius 2 is 1.83 bits per heavy atom. The summed E-state index contributed by atoms with van der Waals surface area (Å²) in [5.41, 5.74) is -1.19. The lowest BCUT2D eigenvalue weighted by molar-refractivity contribution is -0.118. The Morgan fingerprint density at radius 1 is 1.17 bits per heavy atom. The SMILES string of the molecule is COC1=CC(=O)C[C@@H](C)C12Oc1c(Cl)c(OC)cc(OC)c1C2=O. The Hall–Kier alpha value is -2.21. The molecule has 2 aliphatic rings. The molecule has 1 aromatic carbocycles. The molecule has 0 bridgehead atoms. The summed E-state index contributed by atoms with van der Waals surface area (Å²) in [7, 11) is 4.31. The third-order valence-corrected chi connectivity index (χ3v) is 4.86. The van der Waals surface area contributed by atoms with E-state index in [9.17, 15) is 9.59 Å². The summed E-state index contributed by atoms with van der Waals surface area (Å²) in [5, 5.41) is 0.179. The van der Waals surface area contributed by atoms with Gasteiger partial charge in [-0.1, -0.05) is 18.5 Å². The smallest absolute Gasteiger partial charge is 0.231 e. The molecule has 0 saturated carbocycles. The van der Waals surface area contributed by atoms with Gasteiger partial charge in [0.15, 0.2) is 17.3 Å². The van der Waals surface area contributed by atoms with Gasteiger partial charge in [0.05, 0.1) is 21.3 Å². The van der Waals surface area contributed by atoms with Crippen molar-refractivity contribution in [2.24, 2.45) is 5.92 Å². The monoisotopic (exact) mass is 352 g/mol. The molecule has 0 N–H and O–H groups in total. The fourth-order valence-corrected chi connectivity index (χ4v) is 3.56. The molecule has 1 aliphatic heterocycles. The van der Waals surface area contributed by atoms with Crippen LogP contribution in [0.15, 0.2) is 17.9 Å². The number of carbonyl (C=O) groups excluding carboxylic acids is 2. The van der Waals surface area contributed by atoms with Gasteiger partial charge in [0.1, 0.15) is 22.1 Å². The summed E-state index contributed by atoms with van der Waals surface area (Å²) in [6.45, 7) is 1.77. The van der Waals surface area contributed by atoms with Crippen LogP contribution in [0.2, 0.25) is 5.02 Å². The average molecular weight is 353 g/mol. The number of fused-ring (bicyclic) bond motifs is 1. The molecule has 0 aromatic heterocycles. The van der Waals surface area contributed by atoms with E-state index < -0.39 is 11.5 Å². The highest BCUT2D eigenvalue weighted by Crippen LogP contribution is 2.54. The van der Waals surface area contributed by atoms with Crippen LogP contribution in [0, 0.1) is 5.92 Å². The van der Waals surface area contributed by atoms with E-state index in [4.69, 9.17) is 30.5 Å². The lowest BCUT2D eigenvalue weighted by Crippen LogP contribution is -2.51. The molecule has 0 fully saturated rings. The van der Waals surface area contributed by atoms with Crippen molar-refractivity contribution in [1.82, 2.24) is 0 Å². The van der Waals surface area contributed by atoms with Gasteiger partial charge in [-0.15, -0.1) is 0 Å². The molecule has 1 aromatic rings. The zero-order chi connectivity index (χ0) is 17.6. The normalized spacial score (nSPS) is 25.2. The van der Waals surface area contributed by atoms with Crippen molar-refractivity contribution < 1.29 is 28.5 Å². The van der Waals surface area contributed by atoms with Crippen molar-refractivity contribution in [1.29, 1.82) is 0 Å². The van der Waals surface area contributed by atoms with Crippen LogP contribution < -0.4 is 14.2 Å². The van der Waals surface area contributed by atoms with Crippen molar-refractivity contribution in [3.8, 4) is 17.2 Å². The number of halogens is 1. The maximum Gasteiger partial charge on any atom is 0.231 e. The van der Waals surface area contributed by atoms with Gasteiger partial charge in [-0.05, 0) is 0 Å². The fraction of sp³-hybridized carbons (Fsp3) is 0.412. The Labute approximate surface area is 144 Å². The minimum Gasteiger partial charge on any atom is -0.496 e. The van der Waals surface area contributed by atoms with E-state index in [0.29, 0.717) is 11.5 Å². The third-order valence-electron chi connectivity index (χ3n) is 4.50. The van der Waals surface area contributed by atoms with E-state index in [1.807, 2.05) is 0 Å². The fourth-order valence-electron chi connectivity index (χ4n) is 3.30. The topological polar surface area (TPSA) is 71.1 Å². The van der Waals surface area contributed by atoms with Gasteiger partial charge in [0.25, 0.3) is 0 Å². The maximum atomic E-state index is 13.3. The van der Waals surface area contributed by atoms with Gasteiger partial charge in [-0.3, -0.25) is 9.59 Å². The first kappa shape index (κ1) is 16.6. The van der Waals surface area contributed by atoms with E-state index in [2.05, 4.69) is 0 Å². The minimum absolute atomic E-state index is 0.118. The van der Waals surface area contributed by atoms with Crippen LogP contribution >= 0.6 is 11.6 Å². The van der Waals surface area contributed by atoms with Crippen LogP contribution in [-0.4, -0.2) is 38.5 Å². The van der Waals surface area contributed by atoms with Gasteiger partial charge >= 0.3 is 0 Å². The first-order valence-electron chi connectivity index (χ1n) is 7.38. The summed E-state index contributed by atoms with van der Waals surface area (Å²) < 4.78 is 21.9. The standard InChI is InChI=1S/C17H17ClO6/c1-8-5-9(19)6-12(23-4)17(8)16(20)13-10(21-2)7-11(22-3)14(18)15(13)24-17/h6-8H,5H2,1-4H3/t8-,17?/m1/s1. The highest BCUT2D eigenvalue weighted by atomic mass is 35.5. The molecule has 1 aliphatic carbocycles. The van der Waals surface area contributed by atoms with Crippen molar-refractivity contribution >= 4 is 23.2 Å². The first-order valence-corrected chi connectivity index (χ1v) is 7.75. The number of Topliss-reactive ketones (excluding diaryl/α,β-unsaturated/α-hetero) is 1. The summed E-state index contributed by atoms with van der Waals surface area (Å²) in [6.07, 6.45) is 1.48. The van der Waals surface area contributed by atoms with Crippen LogP contribution in [0.1, 0.15) is 23.7 Å². The Bertz CT molecular complexity index is 769. The van der Waals surface area contributed by atoms with Crippen LogP contribution in [0.4, 0.5) is 0 Å². The zero-order valence-corrected chi connectivity index (χ0v) is 14.5. The molecule has 7 heteroatoms. The van der Waals surface area contributed by atoms with Gasteiger partial charge < -0.3 is 18.9 Å². The van der Waals surface area contributed by atoms with Crippen LogP contribution in [0.25, 0.3) is 0 Å². The number of carbonyl (C=O) groups is 2. The molecular weight excluding hydrogens is 336 g/mol. The maximum absolute atomic E-state index is 13.3. The van der Waals surface area contributed by atoms with E-state index >= 15 is 0 Å². The second-order valence-corrected chi connectivity index (χ2v) is 6.13. The third kappa shape index (κ3) is 2.02. The largest absolute Gasteiger partial charge is 0.496 e. The predicted molar refractivity (Wildman–Crippen MR) is 86.1 cm³/mol. The summed E-state index contributed by atoms with van der Waals surface area (Å²) in [4.78, 5) is 25.1.